The lowest BCUT2D eigenvalue weighted by Gasteiger charge is -1.94. The van der Waals surface area contributed by atoms with Gasteiger partial charge in [0.05, 0.1) is 10.9 Å². The largest absolute Gasteiger partial charge is 0.476 e. The fraction of sp³-hybridized carbons (Fsp3) is 0.0667. The number of para-hydroxylation sites is 1. The molecule has 1 aromatic carbocycles. The summed E-state index contributed by atoms with van der Waals surface area (Å²) in [6, 6.07) is 7.12. The Morgan fingerprint density at radius 3 is 2.35 bits per heavy atom. The van der Waals surface area contributed by atoms with Crippen molar-refractivity contribution >= 4 is 28.5 Å². The Hall–Kier alpha value is -2.33. The van der Waals surface area contributed by atoms with E-state index in [1.807, 2.05) is 6.07 Å². The van der Waals surface area contributed by atoms with E-state index >= 15 is 0 Å². The van der Waals surface area contributed by atoms with Crippen LogP contribution in [0.15, 0.2) is 59.7 Å². The number of hydrogen-bond acceptors (Lipinski definition) is 2. The van der Waals surface area contributed by atoms with Gasteiger partial charge in [-0.15, -0.1) is 11.6 Å². The molecule has 2 aliphatic rings. The summed E-state index contributed by atoms with van der Waals surface area (Å²) in [4.78, 5) is 10.6. The molecular weight excluding hydrogens is 276 g/mol. The van der Waals surface area contributed by atoms with Crippen LogP contribution >= 0.6 is 11.6 Å². The molecule has 0 saturated carbocycles. The van der Waals surface area contributed by atoms with Crippen LogP contribution in [0.25, 0.3) is 10.9 Å². The third-order valence-electron chi connectivity index (χ3n) is 3.19. The van der Waals surface area contributed by atoms with Crippen LogP contribution in [-0.2, 0) is 0 Å². The number of halogens is 1. The SMILES string of the molecule is ClC1C2=CC=C1C=C2.O=C(O)c1n[nH]c2ccccc12. The zero-order valence-electron chi connectivity index (χ0n) is 10.4. The molecule has 2 aromatic rings. The van der Waals surface area contributed by atoms with Crippen molar-refractivity contribution in [1.29, 1.82) is 0 Å². The van der Waals surface area contributed by atoms with Crippen LogP contribution in [0.5, 0.6) is 0 Å². The second-order valence-electron chi connectivity index (χ2n) is 4.45. The Balaban J connectivity index is 0.000000131. The van der Waals surface area contributed by atoms with E-state index in [4.69, 9.17) is 16.7 Å². The van der Waals surface area contributed by atoms with Gasteiger partial charge in [-0.25, -0.2) is 4.79 Å². The summed E-state index contributed by atoms with van der Waals surface area (Å²) in [6.07, 6.45) is 8.25. The van der Waals surface area contributed by atoms with Gasteiger partial charge in [0.2, 0.25) is 0 Å². The summed E-state index contributed by atoms with van der Waals surface area (Å²) in [5.74, 6) is -1.01. The van der Waals surface area contributed by atoms with E-state index in [1.54, 1.807) is 18.2 Å². The van der Waals surface area contributed by atoms with Crippen LogP contribution in [0.2, 0.25) is 0 Å². The molecule has 1 aromatic heterocycles. The van der Waals surface area contributed by atoms with Crippen molar-refractivity contribution in [2.24, 2.45) is 0 Å². The van der Waals surface area contributed by atoms with Crippen molar-refractivity contribution < 1.29 is 9.90 Å². The lowest BCUT2D eigenvalue weighted by Crippen LogP contribution is -1.96. The summed E-state index contributed by atoms with van der Waals surface area (Å²) in [5.41, 5.74) is 3.30. The number of rotatable bonds is 1. The molecule has 0 unspecified atom stereocenters. The molecule has 0 fully saturated rings. The average Bonchev–Trinajstić information content (AvgIpc) is 3.14. The number of fused-ring (bicyclic) bond motifs is 3. The van der Waals surface area contributed by atoms with Gasteiger partial charge < -0.3 is 5.11 Å². The minimum Gasteiger partial charge on any atom is -0.476 e. The normalized spacial score (nSPS) is 15.8. The summed E-state index contributed by atoms with van der Waals surface area (Å²) >= 11 is 5.88. The highest BCUT2D eigenvalue weighted by molar-refractivity contribution is 6.25. The van der Waals surface area contributed by atoms with Gasteiger partial charge in [0, 0.05) is 5.39 Å². The zero-order valence-corrected chi connectivity index (χ0v) is 11.1. The summed E-state index contributed by atoms with van der Waals surface area (Å²) < 4.78 is 0. The predicted molar refractivity (Wildman–Crippen MR) is 78.0 cm³/mol. The smallest absolute Gasteiger partial charge is 0.357 e. The standard InChI is InChI=1S/C8H6N2O2.C7H5Cl/c11-8(12)7-5-3-1-2-4-6(5)9-10-7;8-7-5-1-2-6(7)4-3-5/h1-4H,(H,9,10)(H,11,12);1-4,7H. The van der Waals surface area contributed by atoms with Crippen LogP contribution in [0.3, 0.4) is 0 Å². The first-order valence-electron chi connectivity index (χ1n) is 6.07. The number of carboxylic acids is 1. The van der Waals surface area contributed by atoms with E-state index in [1.165, 1.54) is 11.1 Å². The molecule has 100 valence electrons. The molecule has 1 heterocycles. The Labute approximate surface area is 120 Å². The first-order chi connectivity index (χ1) is 9.66. The number of nitrogens with one attached hydrogen (secondary N) is 1. The molecule has 2 bridgehead atoms. The average molecular weight is 287 g/mol. The molecule has 0 aliphatic heterocycles. The molecule has 5 heteroatoms. The quantitative estimate of drug-likeness (QED) is 0.791. The molecule has 2 N–H and O–H groups in total. The van der Waals surface area contributed by atoms with Gasteiger partial charge in [-0.1, -0.05) is 42.5 Å². The van der Waals surface area contributed by atoms with Gasteiger partial charge in [-0.05, 0) is 17.2 Å². The molecule has 2 aliphatic carbocycles. The third-order valence-corrected chi connectivity index (χ3v) is 3.70. The van der Waals surface area contributed by atoms with Crippen LogP contribution in [0.4, 0.5) is 0 Å². The molecular formula is C15H11ClN2O2. The van der Waals surface area contributed by atoms with E-state index < -0.39 is 5.97 Å². The molecule has 0 atom stereocenters. The van der Waals surface area contributed by atoms with E-state index in [0.717, 1.165) is 5.52 Å². The highest BCUT2D eigenvalue weighted by atomic mass is 35.5. The first kappa shape index (κ1) is 12.7. The number of aromatic nitrogens is 2. The molecule has 4 rings (SSSR count). The van der Waals surface area contributed by atoms with Crippen molar-refractivity contribution in [3.63, 3.8) is 0 Å². The molecule has 0 spiro atoms. The van der Waals surface area contributed by atoms with E-state index in [9.17, 15) is 4.79 Å². The Kier molecular flexibility index (Phi) is 3.16. The van der Waals surface area contributed by atoms with E-state index in [-0.39, 0.29) is 11.1 Å². The maximum absolute atomic E-state index is 10.6. The number of carbonyl (C=O) groups is 1. The van der Waals surface area contributed by atoms with Crippen molar-refractivity contribution in [3.05, 3.63) is 65.4 Å². The number of aromatic amines is 1. The highest BCUT2D eigenvalue weighted by Crippen LogP contribution is 2.32. The van der Waals surface area contributed by atoms with Crippen LogP contribution < -0.4 is 0 Å². The Morgan fingerprint density at radius 1 is 1.20 bits per heavy atom. The second kappa shape index (κ2) is 4.98. The number of aromatic carboxylic acids is 1. The second-order valence-corrected chi connectivity index (χ2v) is 4.89. The monoisotopic (exact) mass is 286 g/mol. The van der Waals surface area contributed by atoms with Gasteiger partial charge in [0.15, 0.2) is 5.69 Å². The topological polar surface area (TPSA) is 66.0 Å². The van der Waals surface area contributed by atoms with Crippen LogP contribution in [-0.4, -0.2) is 26.7 Å². The van der Waals surface area contributed by atoms with E-state index in [0.29, 0.717) is 5.39 Å². The maximum atomic E-state index is 10.6. The molecule has 0 saturated heterocycles. The van der Waals surface area contributed by atoms with Crippen molar-refractivity contribution in [2.45, 2.75) is 5.38 Å². The van der Waals surface area contributed by atoms with Crippen molar-refractivity contribution in [3.8, 4) is 0 Å². The number of carboxylic acid groups (broad SMARTS) is 1. The molecule has 20 heavy (non-hydrogen) atoms. The van der Waals surface area contributed by atoms with Gasteiger partial charge >= 0.3 is 5.97 Å². The molecule has 4 nitrogen and oxygen atoms in total. The minimum atomic E-state index is -1.01. The molecule has 0 amide bonds. The van der Waals surface area contributed by atoms with Crippen molar-refractivity contribution in [1.82, 2.24) is 10.2 Å². The number of hydrogen-bond donors (Lipinski definition) is 2. The number of alkyl halides is 1. The fourth-order valence-corrected chi connectivity index (χ4v) is 2.44. The molecule has 0 radical (unpaired) electrons. The number of H-pyrrole nitrogens is 1. The maximum Gasteiger partial charge on any atom is 0.357 e. The Morgan fingerprint density at radius 2 is 1.85 bits per heavy atom. The predicted octanol–water partition coefficient (Wildman–Crippen LogP) is 3.29. The first-order valence-corrected chi connectivity index (χ1v) is 6.51. The van der Waals surface area contributed by atoms with Gasteiger partial charge in [0.1, 0.15) is 0 Å². The lowest BCUT2D eigenvalue weighted by molar-refractivity contribution is 0.0692. The van der Waals surface area contributed by atoms with Crippen LogP contribution in [0, 0.1) is 0 Å². The fourth-order valence-electron chi connectivity index (χ4n) is 2.15. The Bertz CT molecular complexity index is 749. The van der Waals surface area contributed by atoms with E-state index in [2.05, 4.69) is 34.5 Å². The van der Waals surface area contributed by atoms with Crippen molar-refractivity contribution in [2.75, 3.05) is 0 Å². The van der Waals surface area contributed by atoms with Gasteiger partial charge in [-0.2, -0.15) is 5.10 Å². The summed E-state index contributed by atoms with van der Waals surface area (Å²) in [6.45, 7) is 0. The highest BCUT2D eigenvalue weighted by Gasteiger charge is 2.21. The van der Waals surface area contributed by atoms with Crippen LogP contribution in [0.1, 0.15) is 10.5 Å². The van der Waals surface area contributed by atoms with Gasteiger partial charge in [-0.3, -0.25) is 5.10 Å². The number of allylic oxidation sites excluding steroid dienone is 6. The van der Waals surface area contributed by atoms with Gasteiger partial charge in [0.25, 0.3) is 0 Å². The number of nitrogens with zero attached hydrogens (tertiary/aromatic N) is 1. The number of benzene rings is 1. The zero-order chi connectivity index (χ0) is 14.1. The third kappa shape index (κ3) is 2.14. The lowest BCUT2D eigenvalue weighted by atomic mass is 10.2. The summed E-state index contributed by atoms with van der Waals surface area (Å²) in [5, 5.41) is 15.8. The summed E-state index contributed by atoms with van der Waals surface area (Å²) in [7, 11) is 0. The minimum absolute atomic E-state index is 0.0746.